The van der Waals surface area contributed by atoms with Crippen molar-refractivity contribution in [2.45, 2.75) is 19.6 Å². The molecule has 0 aliphatic heterocycles. The van der Waals surface area contributed by atoms with Crippen LogP contribution in [0.15, 0.2) is 72.0 Å². The van der Waals surface area contributed by atoms with E-state index < -0.39 is 0 Å². The summed E-state index contributed by atoms with van der Waals surface area (Å²) in [7, 11) is 1.73. The van der Waals surface area contributed by atoms with Gasteiger partial charge in [-0.3, -0.25) is 9.67 Å². The molecule has 26 heavy (non-hydrogen) atoms. The van der Waals surface area contributed by atoms with E-state index in [1.807, 2.05) is 29.1 Å². The van der Waals surface area contributed by atoms with Crippen LogP contribution in [-0.4, -0.2) is 22.8 Å². The minimum Gasteiger partial charge on any atom is -0.352 e. The number of nitrogens with one attached hydrogen (secondary N) is 2. The molecule has 3 rings (SSSR count). The van der Waals surface area contributed by atoms with E-state index in [0.29, 0.717) is 19.0 Å². The number of nitrogens with zero attached hydrogens (tertiary/aromatic N) is 3. The highest BCUT2D eigenvalue weighted by atomic mass is 19.1. The zero-order valence-corrected chi connectivity index (χ0v) is 14.7. The van der Waals surface area contributed by atoms with Crippen LogP contribution < -0.4 is 10.6 Å². The number of halogens is 1. The molecule has 0 unspecified atom stereocenters. The highest BCUT2D eigenvalue weighted by Crippen LogP contribution is 2.10. The van der Waals surface area contributed by atoms with Gasteiger partial charge in [-0.25, -0.2) is 4.39 Å². The van der Waals surface area contributed by atoms with E-state index >= 15 is 0 Å². The van der Waals surface area contributed by atoms with Crippen LogP contribution in [0.5, 0.6) is 0 Å². The van der Waals surface area contributed by atoms with E-state index in [0.717, 1.165) is 12.1 Å². The van der Waals surface area contributed by atoms with Crippen LogP contribution in [0.4, 0.5) is 4.39 Å². The van der Waals surface area contributed by atoms with Gasteiger partial charge in [-0.1, -0.05) is 36.4 Å². The Kier molecular flexibility index (Phi) is 5.98. The van der Waals surface area contributed by atoms with E-state index in [1.54, 1.807) is 25.4 Å². The maximum Gasteiger partial charge on any atom is 0.191 e. The van der Waals surface area contributed by atoms with Crippen molar-refractivity contribution in [1.82, 2.24) is 20.4 Å². The van der Waals surface area contributed by atoms with E-state index in [1.165, 1.54) is 23.3 Å². The third kappa shape index (κ3) is 4.92. The SMILES string of the molecule is CN=C(NCc1ccc(F)cc1)NCc1ccccc1Cn1cccn1. The fourth-order valence-electron chi connectivity index (χ4n) is 2.64. The number of guanidine groups is 1. The first-order chi connectivity index (χ1) is 12.7. The molecule has 3 aromatic rings. The Bertz CT molecular complexity index is 841. The Morgan fingerprint density at radius 2 is 1.73 bits per heavy atom. The molecule has 0 fully saturated rings. The lowest BCUT2D eigenvalue weighted by Gasteiger charge is -2.14. The third-order valence-electron chi connectivity index (χ3n) is 4.05. The van der Waals surface area contributed by atoms with Gasteiger partial charge < -0.3 is 10.6 Å². The highest BCUT2D eigenvalue weighted by molar-refractivity contribution is 5.79. The molecular formula is C20H22FN5. The average molecular weight is 351 g/mol. The van der Waals surface area contributed by atoms with Gasteiger partial charge in [0.25, 0.3) is 0 Å². The molecule has 1 heterocycles. The predicted octanol–water partition coefficient (Wildman–Crippen LogP) is 2.94. The molecule has 0 saturated heterocycles. The van der Waals surface area contributed by atoms with Crippen LogP contribution in [-0.2, 0) is 19.6 Å². The lowest BCUT2D eigenvalue weighted by molar-refractivity contribution is 0.626. The summed E-state index contributed by atoms with van der Waals surface area (Å²) < 4.78 is 14.9. The first-order valence-electron chi connectivity index (χ1n) is 8.48. The Labute approximate surface area is 152 Å². The van der Waals surface area contributed by atoms with Gasteiger partial charge in [-0.15, -0.1) is 0 Å². The molecule has 6 heteroatoms. The summed E-state index contributed by atoms with van der Waals surface area (Å²) in [5.74, 6) is 0.466. The minimum absolute atomic E-state index is 0.231. The second-order valence-electron chi connectivity index (χ2n) is 5.88. The first-order valence-corrected chi connectivity index (χ1v) is 8.48. The summed E-state index contributed by atoms with van der Waals surface area (Å²) in [5, 5.41) is 10.8. The molecule has 0 aliphatic rings. The zero-order valence-electron chi connectivity index (χ0n) is 14.7. The summed E-state index contributed by atoms with van der Waals surface area (Å²) in [6.07, 6.45) is 3.73. The Morgan fingerprint density at radius 1 is 1.00 bits per heavy atom. The van der Waals surface area contributed by atoms with Crippen LogP contribution in [0.1, 0.15) is 16.7 Å². The fourth-order valence-corrected chi connectivity index (χ4v) is 2.64. The Balaban J connectivity index is 1.57. The van der Waals surface area contributed by atoms with Crippen LogP contribution in [0, 0.1) is 5.82 Å². The van der Waals surface area contributed by atoms with Crippen molar-refractivity contribution in [2.75, 3.05) is 7.05 Å². The van der Waals surface area contributed by atoms with Crippen LogP contribution in [0.3, 0.4) is 0 Å². The van der Waals surface area contributed by atoms with E-state index in [4.69, 9.17) is 0 Å². The third-order valence-corrected chi connectivity index (χ3v) is 4.05. The number of benzene rings is 2. The molecular weight excluding hydrogens is 329 g/mol. The zero-order chi connectivity index (χ0) is 18.2. The second kappa shape index (κ2) is 8.80. The molecule has 5 nitrogen and oxygen atoms in total. The molecule has 0 spiro atoms. The maximum absolute atomic E-state index is 13.0. The fraction of sp³-hybridized carbons (Fsp3) is 0.200. The molecule has 2 aromatic carbocycles. The Morgan fingerprint density at radius 3 is 2.42 bits per heavy atom. The summed E-state index contributed by atoms with van der Waals surface area (Å²) in [6, 6.07) is 16.6. The molecule has 0 atom stereocenters. The predicted molar refractivity (Wildman–Crippen MR) is 101 cm³/mol. The van der Waals surface area contributed by atoms with Gasteiger partial charge in [-0.05, 0) is 34.9 Å². The van der Waals surface area contributed by atoms with Crippen molar-refractivity contribution < 1.29 is 4.39 Å². The normalized spacial score (nSPS) is 11.4. The van der Waals surface area contributed by atoms with Gasteiger partial charge in [-0.2, -0.15) is 5.10 Å². The molecule has 0 bridgehead atoms. The van der Waals surface area contributed by atoms with E-state index in [9.17, 15) is 4.39 Å². The topological polar surface area (TPSA) is 54.2 Å². The van der Waals surface area contributed by atoms with Crippen molar-refractivity contribution in [3.63, 3.8) is 0 Å². The lowest BCUT2D eigenvalue weighted by Crippen LogP contribution is -2.36. The number of rotatable bonds is 6. The smallest absolute Gasteiger partial charge is 0.191 e. The number of hydrogen-bond donors (Lipinski definition) is 2. The first kappa shape index (κ1) is 17.7. The summed E-state index contributed by atoms with van der Waals surface area (Å²) in [5.41, 5.74) is 3.39. The maximum atomic E-state index is 13.0. The van der Waals surface area contributed by atoms with E-state index in [-0.39, 0.29) is 5.82 Å². The van der Waals surface area contributed by atoms with Crippen LogP contribution in [0.25, 0.3) is 0 Å². The standard InChI is InChI=1S/C20H22FN5/c1-22-20(23-13-16-7-9-19(21)10-8-16)24-14-17-5-2-3-6-18(17)15-26-12-4-11-25-26/h2-12H,13-15H2,1H3,(H2,22,23,24). The largest absolute Gasteiger partial charge is 0.352 e. The van der Waals surface area contributed by atoms with Crippen molar-refractivity contribution in [1.29, 1.82) is 0 Å². The molecule has 0 amide bonds. The lowest BCUT2D eigenvalue weighted by atomic mass is 10.1. The van der Waals surface area contributed by atoms with Crippen LogP contribution in [0.2, 0.25) is 0 Å². The van der Waals surface area contributed by atoms with Crippen molar-refractivity contribution in [3.05, 3.63) is 89.5 Å². The number of aliphatic imine (C=N–C) groups is 1. The summed E-state index contributed by atoms with van der Waals surface area (Å²) in [6.45, 7) is 1.96. The van der Waals surface area contributed by atoms with E-state index in [2.05, 4.69) is 32.9 Å². The van der Waals surface area contributed by atoms with Crippen molar-refractivity contribution in [3.8, 4) is 0 Å². The Hall–Kier alpha value is -3.15. The average Bonchev–Trinajstić information content (AvgIpc) is 3.17. The molecule has 0 aliphatic carbocycles. The monoisotopic (exact) mass is 351 g/mol. The van der Waals surface area contributed by atoms with Crippen molar-refractivity contribution in [2.24, 2.45) is 4.99 Å². The van der Waals surface area contributed by atoms with Gasteiger partial charge >= 0.3 is 0 Å². The quantitative estimate of drug-likeness (QED) is 0.530. The summed E-state index contributed by atoms with van der Waals surface area (Å²) in [4.78, 5) is 4.24. The van der Waals surface area contributed by atoms with Gasteiger partial charge in [0.2, 0.25) is 0 Å². The van der Waals surface area contributed by atoms with Crippen LogP contribution >= 0.6 is 0 Å². The van der Waals surface area contributed by atoms with Gasteiger partial charge in [0, 0.05) is 32.5 Å². The molecule has 0 saturated carbocycles. The number of hydrogen-bond acceptors (Lipinski definition) is 2. The van der Waals surface area contributed by atoms with Gasteiger partial charge in [0.05, 0.1) is 6.54 Å². The van der Waals surface area contributed by atoms with Gasteiger partial charge in [0.15, 0.2) is 5.96 Å². The van der Waals surface area contributed by atoms with Gasteiger partial charge in [0.1, 0.15) is 5.82 Å². The minimum atomic E-state index is -0.231. The number of aromatic nitrogens is 2. The summed E-state index contributed by atoms with van der Waals surface area (Å²) >= 11 is 0. The highest BCUT2D eigenvalue weighted by Gasteiger charge is 2.05. The van der Waals surface area contributed by atoms with Crippen molar-refractivity contribution >= 4 is 5.96 Å². The molecule has 134 valence electrons. The molecule has 1 aromatic heterocycles. The molecule has 2 N–H and O–H groups in total. The molecule has 0 radical (unpaired) electrons. The second-order valence-corrected chi connectivity index (χ2v) is 5.88.